The first-order chi connectivity index (χ1) is 7.90. The van der Waals surface area contributed by atoms with Crippen molar-refractivity contribution in [2.24, 2.45) is 13.0 Å². The summed E-state index contributed by atoms with van der Waals surface area (Å²) >= 11 is 0. The van der Waals surface area contributed by atoms with Crippen LogP contribution in [0.3, 0.4) is 0 Å². The van der Waals surface area contributed by atoms with E-state index in [1.807, 2.05) is 13.2 Å². The van der Waals surface area contributed by atoms with Crippen LogP contribution in [0, 0.1) is 5.92 Å². The topological polar surface area (TPSA) is 42.7 Å². The maximum absolute atomic E-state index is 4.17. The second-order valence-corrected chi connectivity index (χ2v) is 5.87. The molecule has 0 radical (unpaired) electrons. The third-order valence-electron chi connectivity index (χ3n) is 2.77. The van der Waals surface area contributed by atoms with Gasteiger partial charge in [-0.05, 0) is 46.1 Å². The van der Waals surface area contributed by atoms with E-state index in [-0.39, 0.29) is 5.54 Å². The number of aromatic nitrogens is 3. The van der Waals surface area contributed by atoms with Gasteiger partial charge in [0.2, 0.25) is 0 Å². The Labute approximate surface area is 105 Å². The Bertz CT molecular complexity index is 324. The predicted octanol–water partition coefficient (Wildman–Crippen LogP) is 2.16. The largest absolute Gasteiger partial charge is 0.312 e. The smallest absolute Gasteiger partial charge is 0.0830 e. The van der Waals surface area contributed by atoms with Crippen LogP contribution in [-0.2, 0) is 13.5 Å². The van der Waals surface area contributed by atoms with Crippen LogP contribution in [0.4, 0.5) is 0 Å². The molecule has 0 bridgehead atoms. The van der Waals surface area contributed by atoms with E-state index < -0.39 is 0 Å². The summed E-state index contributed by atoms with van der Waals surface area (Å²) in [5.74, 6) is 0.649. The monoisotopic (exact) mass is 238 g/mol. The Morgan fingerprint density at radius 1 is 1.41 bits per heavy atom. The van der Waals surface area contributed by atoms with Gasteiger partial charge in [0.25, 0.3) is 0 Å². The van der Waals surface area contributed by atoms with E-state index in [4.69, 9.17) is 0 Å². The number of nitrogens with one attached hydrogen (secondary N) is 1. The highest BCUT2D eigenvalue weighted by Crippen LogP contribution is 2.13. The van der Waals surface area contributed by atoms with Gasteiger partial charge in [0.05, 0.1) is 5.69 Å². The van der Waals surface area contributed by atoms with Crippen molar-refractivity contribution in [2.45, 2.75) is 52.5 Å². The normalized spacial score (nSPS) is 13.9. The molecule has 0 aliphatic heterocycles. The van der Waals surface area contributed by atoms with Crippen LogP contribution in [0.15, 0.2) is 6.20 Å². The van der Waals surface area contributed by atoms with Crippen molar-refractivity contribution >= 4 is 0 Å². The van der Waals surface area contributed by atoms with Crippen molar-refractivity contribution in [2.75, 3.05) is 6.54 Å². The van der Waals surface area contributed by atoms with E-state index in [1.54, 1.807) is 4.68 Å². The van der Waals surface area contributed by atoms with Gasteiger partial charge < -0.3 is 5.32 Å². The molecule has 0 spiro atoms. The van der Waals surface area contributed by atoms with Crippen molar-refractivity contribution in [3.8, 4) is 0 Å². The van der Waals surface area contributed by atoms with Crippen LogP contribution < -0.4 is 5.32 Å². The SMILES string of the molecule is CCCC(CNC(C)(C)C)Cc1cn(C)nn1. The molecule has 0 saturated heterocycles. The Hall–Kier alpha value is -0.900. The summed E-state index contributed by atoms with van der Waals surface area (Å²) < 4.78 is 1.77. The van der Waals surface area contributed by atoms with Crippen LogP contribution in [0.25, 0.3) is 0 Å². The molecule has 1 aromatic rings. The molecule has 4 nitrogen and oxygen atoms in total. The zero-order valence-electron chi connectivity index (χ0n) is 11.8. The third kappa shape index (κ3) is 5.82. The lowest BCUT2D eigenvalue weighted by Crippen LogP contribution is -2.39. The molecule has 1 aromatic heterocycles. The quantitative estimate of drug-likeness (QED) is 0.826. The molecule has 0 aliphatic carbocycles. The second-order valence-electron chi connectivity index (χ2n) is 5.87. The minimum atomic E-state index is 0.189. The lowest BCUT2D eigenvalue weighted by atomic mass is 9.96. The molecule has 4 heteroatoms. The fourth-order valence-corrected chi connectivity index (χ4v) is 1.92. The molecule has 98 valence electrons. The summed E-state index contributed by atoms with van der Waals surface area (Å²) in [5, 5.41) is 11.7. The first kappa shape index (κ1) is 14.2. The van der Waals surface area contributed by atoms with E-state index in [0.717, 1.165) is 18.7 Å². The van der Waals surface area contributed by atoms with Gasteiger partial charge in [-0.3, -0.25) is 4.68 Å². The van der Waals surface area contributed by atoms with Crippen molar-refractivity contribution in [1.29, 1.82) is 0 Å². The fraction of sp³-hybridized carbons (Fsp3) is 0.846. The molecular formula is C13H26N4. The van der Waals surface area contributed by atoms with E-state index in [2.05, 4.69) is 43.3 Å². The van der Waals surface area contributed by atoms with Gasteiger partial charge in [-0.2, -0.15) is 0 Å². The molecule has 1 N–H and O–H groups in total. The van der Waals surface area contributed by atoms with Crippen LogP contribution in [-0.4, -0.2) is 27.1 Å². The fourth-order valence-electron chi connectivity index (χ4n) is 1.92. The summed E-state index contributed by atoms with van der Waals surface area (Å²) in [6.45, 7) is 9.91. The average Bonchev–Trinajstić information content (AvgIpc) is 2.60. The van der Waals surface area contributed by atoms with E-state index in [0.29, 0.717) is 5.92 Å². The van der Waals surface area contributed by atoms with E-state index >= 15 is 0 Å². The number of hydrogen-bond donors (Lipinski definition) is 1. The highest BCUT2D eigenvalue weighted by atomic mass is 15.4. The molecule has 0 amide bonds. The van der Waals surface area contributed by atoms with Crippen LogP contribution in [0.5, 0.6) is 0 Å². The Kier molecular flexibility index (Phi) is 5.12. The van der Waals surface area contributed by atoms with Crippen molar-refractivity contribution in [1.82, 2.24) is 20.3 Å². The first-order valence-corrected chi connectivity index (χ1v) is 6.51. The van der Waals surface area contributed by atoms with Gasteiger partial charge >= 0.3 is 0 Å². The summed E-state index contributed by atoms with van der Waals surface area (Å²) in [6, 6.07) is 0. The average molecular weight is 238 g/mol. The van der Waals surface area contributed by atoms with Crippen LogP contribution in [0.2, 0.25) is 0 Å². The molecule has 0 aliphatic rings. The molecule has 0 fully saturated rings. The zero-order chi connectivity index (χ0) is 12.9. The van der Waals surface area contributed by atoms with Gasteiger partial charge in [0.15, 0.2) is 0 Å². The zero-order valence-corrected chi connectivity index (χ0v) is 11.8. The Balaban J connectivity index is 2.48. The molecular weight excluding hydrogens is 212 g/mol. The molecule has 0 saturated carbocycles. The minimum absolute atomic E-state index is 0.189. The maximum Gasteiger partial charge on any atom is 0.0830 e. The van der Waals surface area contributed by atoms with Gasteiger partial charge in [-0.15, -0.1) is 5.10 Å². The van der Waals surface area contributed by atoms with Crippen molar-refractivity contribution in [3.63, 3.8) is 0 Å². The van der Waals surface area contributed by atoms with Gasteiger partial charge in [-0.1, -0.05) is 18.6 Å². The molecule has 1 unspecified atom stereocenters. The lowest BCUT2D eigenvalue weighted by molar-refractivity contribution is 0.353. The first-order valence-electron chi connectivity index (χ1n) is 6.51. The standard InChI is InChI=1S/C13H26N4/c1-6-7-11(9-14-13(2,3)4)8-12-10-17(5)16-15-12/h10-11,14H,6-9H2,1-5H3. The summed E-state index contributed by atoms with van der Waals surface area (Å²) in [4.78, 5) is 0. The summed E-state index contributed by atoms with van der Waals surface area (Å²) in [5.41, 5.74) is 1.29. The van der Waals surface area contributed by atoms with Crippen molar-refractivity contribution < 1.29 is 0 Å². The number of hydrogen-bond acceptors (Lipinski definition) is 3. The Morgan fingerprint density at radius 3 is 2.59 bits per heavy atom. The highest BCUT2D eigenvalue weighted by molar-refractivity contribution is 4.94. The summed E-state index contributed by atoms with van der Waals surface area (Å²) in [7, 11) is 1.92. The predicted molar refractivity (Wildman–Crippen MR) is 70.9 cm³/mol. The van der Waals surface area contributed by atoms with Crippen molar-refractivity contribution in [3.05, 3.63) is 11.9 Å². The molecule has 1 heterocycles. The van der Waals surface area contributed by atoms with Gasteiger partial charge in [0, 0.05) is 18.8 Å². The van der Waals surface area contributed by atoms with Crippen LogP contribution >= 0.6 is 0 Å². The lowest BCUT2D eigenvalue weighted by Gasteiger charge is -2.24. The molecule has 17 heavy (non-hydrogen) atoms. The minimum Gasteiger partial charge on any atom is -0.312 e. The summed E-state index contributed by atoms with van der Waals surface area (Å²) in [6.07, 6.45) is 5.49. The van der Waals surface area contributed by atoms with Gasteiger partial charge in [-0.25, -0.2) is 0 Å². The number of aryl methyl sites for hydroxylation is 1. The van der Waals surface area contributed by atoms with E-state index in [9.17, 15) is 0 Å². The number of nitrogens with zero attached hydrogens (tertiary/aromatic N) is 3. The third-order valence-corrected chi connectivity index (χ3v) is 2.77. The number of rotatable bonds is 6. The van der Waals surface area contributed by atoms with Gasteiger partial charge in [0.1, 0.15) is 0 Å². The second kappa shape index (κ2) is 6.15. The Morgan fingerprint density at radius 2 is 2.12 bits per heavy atom. The molecule has 0 aromatic carbocycles. The maximum atomic E-state index is 4.17. The molecule has 1 rings (SSSR count). The van der Waals surface area contributed by atoms with Crippen LogP contribution in [0.1, 0.15) is 46.2 Å². The highest BCUT2D eigenvalue weighted by Gasteiger charge is 2.15. The van der Waals surface area contributed by atoms with E-state index in [1.165, 1.54) is 12.8 Å². The molecule has 1 atom stereocenters.